The van der Waals surface area contributed by atoms with Crippen LogP contribution < -0.4 is 5.32 Å². The number of fused-ring (bicyclic) bond motifs is 1. The predicted molar refractivity (Wildman–Crippen MR) is 134 cm³/mol. The summed E-state index contributed by atoms with van der Waals surface area (Å²) in [5.41, 5.74) is 4.60. The summed E-state index contributed by atoms with van der Waals surface area (Å²) in [7, 11) is -2.54. The molecule has 0 saturated heterocycles. The number of rotatable bonds is 11. The highest BCUT2D eigenvalue weighted by Gasteiger charge is 2.16. The first-order valence-corrected chi connectivity index (χ1v) is 13.4. The molecule has 1 aliphatic carbocycles. The van der Waals surface area contributed by atoms with Crippen LogP contribution in [0, 0.1) is 11.7 Å². The molecule has 1 fully saturated rings. The number of hydrogen-bond acceptors (Lipinski definition) is 4. The molecule has 0 radical (unpaired) electrons. The van der Waals surface area contributed by atoms with E-state index in [1.165, 1.54) is 32.1 Å². The molecule has 2 N–H and O–H groups in total. The van der Waals surface area contributed by atoms with Crippen molar-refractivity contribution < 1.29 is 18.4 Å². The number of halogens is 1. The zero-order valence-electron chi connectivity index (χ0n) is 19.5. The Balaban J connectivity index is 1.45. The molecule has 1 heterocycles. The van der Waals surface area contributed by atoms with Gasteiger partial charge in [-0.05, 0) is 66.1 Å². The Morgan fingerprint density at radius 2 is 1.94 bits per heavy atom. The maximum atomic E-state index is 15.0. The topological polar surface area (TPSA) is 71.5 Å². The van der Waals surface area contributed by atoms with Gasteiger partial charge in [0.15, 0.2) is 0 Å². The normalized spacial score (nSPS) is 15.1. The molecule has 1 saturated carbocycles. The number of pyridine rings is 1. The van der Waals surface area contributed by atoms with Gasteiger partial charge in [-0.2, -0.15) is 0 Å². The fraction of sp³-hybridized carbons (Fsp3) is 0.444. The number of nitrogens with one attached hydrogen (secondary N) is 1. The largest absolute Gasteiger partial charge is 0.694 e. The number of aromatic nitrogens is 1. The molecule has 7 heteroatoms. The van der Waals surface area contributed by atoms with E-state index in [-0.39, 0.29) is 12.4 Å². The van der Waals surface area contributed by atoms with Crippen molar-refractivity contribution in [2.45, 2.75) is 57.9 Å². The van der Waals surface area contributed by atoms with E-state index in [0.29, 0.717) is 19.5 Å². The van der Waals surface area contributed by atoms with Crippen LogP contribution in [0.1, 0.15) is 56.1 Å². The molecule has 0 spiro atoms. The molecule has 1 aliphatic rings. The van der Waals surface area contributed by atoms with Crippen LogP contribution in [0.15, 0.2) is 48.7 Å². The van der Waals surface area contributed by atoms with Gasteiger partial charge in [-0.3, -0.25) is 4.98 Å². The molecule has 0 amide bonds. The van der Waals surface area contributed by atoms with Gasteiger partial charge in [0.1, 0.15) is 12.4 Å². The molecular formula is C27H33FN2O3P+. The van der Waals surface area contributed by atoms with Crippen molar-refractivity contribution in [3.63, 3.8) is 0 Å². The molecule has 1 unspecified atom stereocenters. The number of aryl methyl sites for hydroxylation is 1. The Morgan fingerprint density at radius 3 is 2.74 bits per heavy atom. The van der Waals surface area contributed by atoms with Gasteiger partial charge in [0.05, 0.1) is 5.52 Å². The SMILES string of the molecule is O=[P+](O)OCCCNCc1ccc(-c2ccc(CCC3CCCCC3)c(F)c2)c2cccnc12. The van der Waals surface area contributed by atoms with E-state index in [0.717, 1.165) is 51.9 Å². The van der Waals surface area contributed by atoms with Crippen LogP contribution >= 0.6 is 8.25 Å². The van der Waals surface area contributed by atoms with Crippen LogP contribution in [-0.4, -0.2) is 23.0 Å². The lowest BCUT2D eigenvalue weighted by Crippen LogP contribution is -2.16. The Kier molecular flexibility index (Phi) is 9.11. The molecule has 5 nitrogen and oxygen atoms in total. The maximum Gasteiger partial charge on any atom is 0.694 e. The summed E-state index contributed by atoms with van der Waals surface area (Å²) in [6, 6.07) is 13.7. The predicted octanol–water partition coefficient (Wildman–Crippen LogP) is 6.70. The Morgan fingerprint density at radius 1 is 1.12 bits per heavy atom. The Labute approximate surface area is 201 Å². The summed E-state index contributed by atoms with van der Waals surface area (Å²) in [6.07, 6.45) is 10.9. The average Bonchev–Trinajstić information content (AvgIpc) is 2.86. The van der Waals surface area contributed by atoms with E-state index in [1.54, 1.807) is 12.3 Å². The second-order valence-corrected chi connectivity index (χ2v) is 9.86. The first-order chi connectivity index (χ1) is 16.6. The maximum absolute atomic E-state index is 15.0. The average molecular weight is 484 g/mol. The molecule has 3 aromatic rings. The van der Waals surface area contributed by atoms with Gasteiger partial charge in [-0.25, -0.2) is 4.39 Å². The summed E-state index contributed by atoms with van der Waals surface area (Å²) in [5.74, 6) is 0.624. The Bertz CT molecular complexity index is 1120. The number of hydrogen-bond donors (Lipinski definition) is 2. The van der Waals surface area contributed by atoms with Crippen LogP contribution in [0.3, 0.4) is 0 Å². The fourth-order valence-corrected chi connectivity index (χ4v) is 5.23. The summed E-state index contributed by atoms with van der Waals surface area (Å²) in [6.45, 7) is 1.51. The Hall–Kier alpha value is -2.24. The molecule has 2 aromatic carbocycles. The van der Waals surface area contributed by atoms with Gasteiger partial charge in [-0.1, -0.05) is 62.4 Å². The minimum atomic E-state index is -2.54. The van der Waals surface area contributed by atoms with Crippen LogP contribution in [0.2, 0.25) is 0 Å². The van der Waals surface area contributed by atoms with Crippen molar-refractivity contribution in [1.29, 1.82) is 0 Å². The molecule has 180 valence electrons. The van der Waals surface area contributed by atoms with Crippen LogP contribution in [0.5, 0.6) is 0 Å². The molecule has 1 aromatic heterocycles. The van der Waals surface area contributed by atoms with Crippen molar-refractivity contribution in [1.82, 2.24) is 10.3 Å². The molecular weight excluding hydrogens is 450 g/mol. The van der Waals surface area contributed by atoms with Crippen molar-refractivity contribution in [3.8, 4) is 11.1 Å². The van der Waals surface area contributed by atoms with Crippen molar-refractivity contribution in [3.05, 3.63) is 65.6 Å². The van der Waals surface area contributed by atoms with Crippen molar-refractivity contribution >= 4 is 19.2 Å². The third kappa shape index (κ3) is 6.67. The van der Waals surface area contributed by atoms with Gasteiger partial charge >= 0.3 is 8.25 Å². The molecule has 1 atom stereocenters. The van der Waals surface area contributed by atoms with Gasteiger partial charge in [0.25, 0.3) is 0 Å². The first kappa shape index (κ1) is 24.9. The standard InChI is InChI=1S/C27H32FN2O3P/c28-26-18-22(12-11-21(26)10-9-20-6-2-1-3-7-20)24-14-13-23(27-25(24)8-4-16-30-27)19-29-15-5-17-33-34(31)32/h4,8,11-14,16,18,20,29H,1-3,5-7,9-10,15,17,19H2/p+1. The lowest BCUT2D eigenvalue weighted by molar-refractivity contribution is 0.276. The molecule has 4 rings (SSSR count). The van der Waals surface area contributed by atoms with E-state index in [4.69, 9.17) is 4.89 Å². The third-order valence-electron chi connectivity index (χ3n) is 6.78. The highest BCUT2D eigenvalue weighted by Crippen LogP contribution is 2.32. The highest BCUT2D eigenvalue weighted by molar-refractivity contribution is 7.32. The van der Waals surface area contributed by atoms with E-state index >= 15 is 4.39 Å². The van der Waals surface area contributed by atoms with E-state index in [1.807, 2.05) is 36.4 Å². The molecule has 0 bridgehead atoms. The quantitative estimate of drug-likeness (QED) is 0.235. The summed E-state index contributed by atoms with van der Waals surface area (Å²) in [5, 5.41) is 4.32. The lowest BCUT2D eigenvalue weighted by Gasteiger charge is -2.21. The van der Waals surface area contributed by atoms with Gasteiger partial charge in [0, 0.05) is 22.7 Å². The van der Waals surface area contributed by atoms with Crippen molar-refractivity contribution in [2.75, 3.05) is 13.2 Å². The monoisotopic (exact) mass is 483 g/mol. The summed E-state index contributed by atoms with van der Waals surface area (Å²) in [4.78, 5) is 13.3. The highest BCUT2D eigenvalue weighted by atomic mass is 31.1. The number of benzene rings is 2. The number of nitrogens with zero attached hydrogens (tertiary/aromatic N) is 1. The van der Waals surface area contributed by atoms with E-state index in [9.17, 15) is 4.57 Å². The van der Waals surface area contributed by atoms with E-state index in [2.05, 4.69) is 14.8 Å². The molecule has 34 heavy (non-hydrogen) atoms. The van der Waals surface area contributed by atoms with Crippen molar-refractivity contribution in [2.24, 2.45) is 5.92 Å². The van der Waals surface area contributed by atoms with Crippen LogP contribution in [-0.2, 0) is 22.1 Å². The lowest BCUT2D eigenvalue weighted by atomic mass is 9.85. The minimum absolute atomic E-state index is 0.122. The van der Waals surface area contributed by atoms with Crippen LogP contribution in [0.4, 0.5) is 4.39 Å². The van der Waals surface area contributed by atoms with Gasteiger partial charge in [-0.15, -0.1) is 9.42 Å². The zero-order valence-corrected chi connectivity index (χ0v) is 20.4. The third-order valence-corrected chi connectivity index (χ3v) is 7.18. The van der Waals surface area contributed by atoms with Crippen LogP contribution in [0.25, 0.3) is 22.0 Å². The first-order valence-electron chi connectivity index (χ1n) is 12.3. The summed E-state index contributed by atoms with van der Waals surface area (Å²) < 4.78 is 30.3. The van der Waals surface area contributed by atoms with Gasteiger partial charge < -0.3 is 5.32 Å². The zero-order chi connectivity index (χ0) is 23.8. The van der Waals surface area contributed by atoms with Gasteiger partial charge in [0.2, 0.25) is 0 Å². The summed E-state index contributed by atoms with van der Waals surface area (Å²) >= 11 is 0. The second kappa shape index (κ2) is 12.5. The second-order valence-electron chi connectivity index (χ2n) is 9.12. The fourth-order valence-electron chi connectivity index (χ4n) is 4.94. The minimum Gasteiger partial charge on any atom is -0.313 e. The van der Waals surface area contributed by atoms with E-state index < -0.39 is 8.25 Å². The smallest absolute Gasteiger partial charge is 0.313 e. The molecule has 0 aliphatic heterocycles.